The summed E-state index contributed by atoms with van der Waals surface area (Å²) in [5.74, 6) is 0. The molecule has 1 heteroatoms. The summed E-state index contributed by atoms with van der Waals surface area (Å²) in [6.07, 6.45) is 5.59. The van der Waals surface area contributed by atoms with Crippen LogP contribution in [0.1, 0.15) is 37.0 Å². The van der Waals surface area contributed by atoms with Crippen LogP contribution >= 0.6 is 0 Å². The number of aliphatic hydroxyl groups excluding tert-OH is 1. The van der Waals surface area contributed by atoms with Crippen LogP contribution in [0.5, 0.6) is 0 Å². The molecule has 1 aromatic rings. The van der Waals surface area contributed by atoms with Crippen LogP contribution < -0.4 is 0 Å². The summed E-state index contributed by atoms with van der Waals surface area (Å²) in [6, 6.07) is 7.97. The van der Waals surface area contributed by atoms with Crippen molar-refractivity contribution in [1.29, 1.82) is 0 Å². The minimum absolute atomic E-state index is 0.457. The Morgan fingerprint density at radius 1 is 1.43 bits per heavy atom. The zero-order valence-corrected chi connectivity index (χ0v) is 8.90. The number of unbranched alkanes of at least 4 members (excludes halogenated alkanes) is 1. The zero-order chi connectivity index (χ0) is 10.4. The molecule has 1 nitrogen and oxygen atoms in total. The molecule has 0 aliphatic carbocycles. The summed E-state index contributed by atoms with van der Waals surface area (Å²) >= 11 is 0. The van der Waals surface area contributed by atoms with Crippen molar-refractivity contribution in [3.05, 3.63) is 47.5 Å². The third-order valence-electron chi connectivity index (χ3n) is 2.16. The first-order chi connectivity index (χ1) is 6.74. The van der Waals surface area contributed by atoms with E-state index >= 15 is 0 Å². The maximum Gasteiger partial charge on any atom is 0.0971 e. The Bertz CT molecular complexity index is 302. The summed E-state index contributed by atoms with van der Waals surface area (Å²) in [6.45, 7) is 4.16. The van der Waals surface area contributed by atoms with Gasteiger partial charge in [-0.1, -0.05) is 55.3 Å². The van der Waals surface area contributed by atoms with Gasteiger partial charge in [0.25, 0.3) is 0 Å². The van der Waals surface area contributed by atoms with Gasteiger partial charge in [-0.15, -0.1) is 0 Å². The van der Waals surface area contributed by atoms with E-state index in [1.54, 1.807) is 0 Å². The lowest BCUT2D eigenvalue weighted by Crippen LogP contribution is -1.92. The molecule has 0 amide bonds. The molecule has 76 valence electrons. The summed E-state index contributed by atoms with van der Waals surface area (Å²) in [4.78, 5) is 0. The highest BCUT2D eigenvalue weighted by Gasteiger charge is 2.01. The summed E-state index contributed by atoms with van der Waals surface area (Å²) < 4.78 is 0. The Morgan fingerprint density at radius 2 is 2.21 bits per heavy atom. The van der Waals surface area contributed by atoms with E-state index < -0.39 is 6.10 Å². The van der Waals surface area contributed by atoms with Crippen molar-refractivity contribution in [3.63, 3.8) is 0 Å². The van der Waals surface area contributed by atoms with Crippen LogP contribution in [-0.4, -0.2) is 5.11 Å². The Balaban J connectivity index is 2.64. The van der Waals surface area contributed by atoms with E-state index in [1.807, 2.05) is 43.3 Å². The second kappa shape index (κ2) is 5.61. The van der Waals surface area contributed by atoms with Crippen molar-refractivity contribution in [3.8, 4) is 0 Å². The maximum atomic E-state index is 9.78. The molecule has 0 spiro atoms. The summed E-state index contributed by atoms with van der Waals surface area (Å²) in [7, 11) is 0. The van der Waals surface area contributed by atoms with Gasteiger partial charge in [0.1, 0.15) is 0 Å². The van der Waals surface area contributed by atoms with Crippen LogP contribution in [0.3, 0.4) is 0 Å². The maximum absolute atomic E-state index is 9.78. The first-order valence-corrected chi connectivity index (χ1v) is 5.15. The molecule has 0 aliphatic rings. The lowest BCUT2D eigenvalue weighted by Gasteiger charge is -2.06. The van der Waals surface area contributed by atoms with Gasteiger partial charge in [0.15, 0.2) is 0 Å². The highest BCUT2D eigenvalue weighted by atomic mass is 16.3. The number of aryl methyl sites for hydroxylation is 1. The molecule has 0 fully saturated rings. The van der Waals surface area contributed by atoms with Crippen molar-refractivity contribution in [2.75, 3.05) is 0 Å². The lowest BCUT2D eigenvalue weighted by molar-refractivity contribution is 0.228. The molecular weight excluding hydrogens is 172 g/mol. The van der Waals surface area contributed by atoms with Crippen LogP contribution in [0.25, 0.3) is 0 Å². The molecule has 1 atom stereocenters. The third-order valence-corrected chi connectivity index (χ3v) is 2.16. The molecule has 0 bridgehead atoms. The summed E-state index contributed by atoms with van der Waals surface area (Å²) in [5.41, 5.74) is 2.16. The standard InChI is InChI=1S/C13H18O/c1-3-4-5-9-13(14)12-8-6-7-11(2)10-12/h5-10,13-14H,3-4H2,1-2H3/b9-5-. The van der Waals surface area contributed by atoms with Crippen molar-refractivity contribution >= 4 is 0 Å². The van der Waals surface area contributed by atoms with E-state index in [1.165, 1.54) is 5.56 Å². The normalized spacial score (nSPS) is 13.4. The highest BCUT2D eigenvalue weighted by Crippen LogP contribution is 2.15. The Hall–Kier alpha value is -1.08. The predicted molar refractivity (Wildman–Crippen MR) is 60.2 cm³/mol. The fourth-order valence-electron chi connectivity index (χ4n) is 1.36. The Labute approximate surface area is 86.1 Å². The van der Waals surface area contributed by atoms with Crippen molar-refractivity contribution in [2.45, 2.75) is 32.8 Å². The SMILES string of the molecule is CCC/C=C\C(O)c1cccc(C)c1. The molecular formula is C13H18O. The molecule has 0 heterocycles. The van der Waals surface area contributed by atoms with Gasteiger partial charge in [-0.25, -0.2) is 0 Å². The third kappa shape index (κ3) is 3.35. The van der Waals surface area contributed by atoms with E-state index in [0.717, 1.165) is 18.4 Å². The molecule has 0 aliphatic heterocycles. The van der Waals surface area contributed by atoms with Gasteiger partial charge in [-0.2, -0.15) is 0 Å². The topological polar surface area (TPSA) is 20.2 Å². The number of aliphatic hydroxyl groups is 1. The number of rotatable bonds is 4. The van der Waals surface area contributed by atoms with Gasteiger partial charge in [-0.3, -0.25) is 0 Å². The van der Waals surface area contributed by atoms with E-state index in [4.69, 9.17) is 0 Å². The van der Waals surface area contributed by atoms with Gasteiger partial charge in [0.2, 0.25) is 0 Å². The van der Waals surface area contributed by atoms with Crippen LogP contribution in [-0.2, 0) is 0 Å². The van der Waals surface area contributed by atoms with E-state index in [2.05, 4.69) is 6.92 Å². The fraction of sp³-hybridized carbons (Fsp3) is 0.385. The Morgan fingerprint density at radius 3 is 2.86 bits per heavy atom. The molecule has 1 rings (SSSR count). The van der Waals surface area contributed by atoms with Crippen LogP contribution in [0.2, 0.25) is 0 Å². The minimum Gasteiger partial charge on any atom is -0.384 e. The molecule has 1 unspecified atom stereocenters. The summed E-state index contributed by atoms with van der Waals surface area (Å²) in [5, 5.41) is 9.78. The van der Waals surface area contributed by atoms with Crippen LogP contribution in [0.15, 0.2) is 36.4 Å². The van der Waals surface area contributed by atoms with E-state index in [-0.39, 0.29) is 0 Å². The second-order valence-corrected chi connectivity index (χ2v) is 3.58. The van der Waals surface area contributed by atoms with Crippen molar-refractivity contribution in [2.24, 2.45) is 0 Å². The Kier molecular flexibility index (Phi) is 4.41. The van der Waals surface area contributed by atoms with E-state index in [9.17, 15) is 5.11 Å². The van der Waals surface area contributed by atoms with Gasteiger partial charge < -0.3 is 5.11 Å². The van der Waals surface area contributed by atoms with Gasteiger partial charge in [0, 0.05) is 0 Å². The van der Waals surface area contributed by atoms with Crippen LogP contribution in [0, 0.1) is 6.92 Å². The number of allylic oxidation sites excluding steroid dienone is 1. The fourth-order valence-corrected chi connectivity index (χ4v) is 1.36. The second-order valence-electron chi connectivity index (χ2n) is 3.58. The van der Waals surface area contributed by atoms with Crippen molar-refractivity contribution in [1.82, 2.24) is 0 Å². The molecule has 0 saturated carbocycles. The number of hydrogen-bond acceptors (Lipinski definition) is 1. The quantitative estimate of drug-likeness (QED) is 0.721. The van der Waals surface area contributed by atoms with Gasteiger partial charge in [0.05, 0.1) is 6.10 Å². The lowest BCUT2D eigenvalue weighted by atomic mass is 10.1. The first kappa shape index (κ1) is 11.0. The average molecular weight is 190 g/mol. The molecule has 14 heavy (non-hydrogen) atoms. The van der Waals surface area contributed by atoms with E-state index in [0.29, 0.717) is 0 Å². The largest absolute Gasteiger partial charge is 0.384 e. The first-order valence-electron chi connectivity index (χ1n) is 5.15. The molecule has 0 radical (unpaired) electrons. The molecule has 1 aromatic carbocycles. The van der Waals surface area contributed by atoms with Gasteiger partial charge in [-0.05, 0) is 18.9 Å². The molecule has 0 aromatic heterocycles. The zero-order valence-electron chi connectivity index (χ0n) is 8.90. The van der Waals surface area contributed by atoms with Crippen molar-refractivity contribution < 1.29 is 5.11 Å². The number of hydrogen-bond donors (Lipinski definition) is 1. The number of benzene rings is 1. The highest BCUT2D eigenvalue weighted by molar-refractivity contribution is 5.26. The van der Waals surface area contributed by atoms with Crippen LogP contribution in [0.4, 0.5) is 0 Å². The minimum atomic E-state index is -0.457. The molecule has 1 N–H and O–H groups in total. The molecule has 0 saturated heterocycles. The monoisotopic (exact) mass is 190 g/mol. The predicted octanol–water partition coefficient (Wildman–Crippen LogP) is 3.38. The van der Waals surface area contributed by atoms with Gasteiger partial charge >= 0.3 is 0 Å². The smallest absolute Gasteiger partial charge is 0.0971 e. The average Bonchev–Trinajstić information content (AvgIpc) is 2.18.